The molecule has 1 N–H and O–H groups in total. The highest BCUT2D eigenvalue weighted by atomic mass is 16.6. The molecule has 0 amide bonds. The molecule has 1 aromatic rings. The second-order valence-electron chi connectivity index (χ2n) is 5.02. The first-order chi connectivity index (χ1) is 8.20. The molecule has 1 aliphatic heterocycles. The average Bonchev–Trinajstić information content (AvgIpc) is 3.06. The number of aryl methyl sites for hydroxylation is 1. The zero-order chi connectivity index (χ0) is 11.9. The fourth-order valence-electron chi connectivity index (χ4n) is 2.34. The Hall–Kier alpha value is -1.22. The Morgan fingerprint density at radius 3 is 2.24 bits per heavy atom. The normalized spacial score (nSPS) is 20.1. The van der Waals surface area contributed by atoms with Crippen molar-refractivity contribution in [2.24, 2.45) is 0 Å². The largest absolute Gasteiger partial charge is 0.486 e. The second-order valence-corrected chi connectivity index (χ2v) is 5.02. The number of rotatable bonds is 3. The zero-order valence-corrected chi connectivity index (χ0v) is 10.2. The Balaban J connectivity index is 1.94. The summed E-state index contributed by atoms with van der Waals surface area (Å²) in [5.74, 6) is 1.67. The van der Waals surface area contributed by atoms with E-state index in [1.54, 1.807) is 0 Å². The molecule has 1 heterocycles. The highest BCUT2D eigenvalue weighted by Crippen LogP contribution is 2.41. The molecule has 3 heteroatoms. The number of hydrogen-bond acceptors (Lipinski definition) is 3. The summed E-state index contributed by atoms with van der Waals surface area (Å²) in [6, 6.07) is 4.11. The van der Waals surface area contributed by atoms with Crippen LogP contribution in [0.4, 0.5) is 0 Å². The van der Waals surface area contributed by atoms with Crippen LogP contribution in [0.25, 0.3) is 0 Å². The van der Waals surface area contributed by atoms with E-state index in [1.807, 2.05) is 6.07 Å². The molecule has 17 heavy (non-hydrogen) atoms. The van der Waals surface area contributed by atoms with Crippen molar-refractivity contribution in [1.82, 2.24) is 0 Å². The van der Waals surface area contributed by atoms with E-state index in [0.717, 1.165) is 37.2 Å². The van der Waals surface area contributed by atoms with Gasteiger partial charge in [-0.25, -0.2) is 0 Å². The van der Waals surface area contributed by atoms with Crippen molar-refractivity contribution in [3.8, 4) is 11.5 Å². The maximum absolute atomic E-state index is 10.0. The lowest BCUT2D eigenvalue weighted by Gasteiger charge is -2.21. The van der Waals surface area contributed by atoms with Crippen LogP contribution in [0.2, 0.25) is 0 Å². The number of fused-ring (bicyclic) bond motifs is 1. The topological polar surface area (TPSA) is 38.7 Å². The van der Waals surface area contributed by atoms with Crippen LogP contribution in [0.1, 0.15) is 30.9 Å². The maximum atomic E-state index is 10.0. The Morgan fingerprint density at radius 1 is 1.12 bits per heavy atom. The number of benzene rings is 1. The van der Waals surface area contributed by atoms with Crippen LogP contribution in [0.5, 0.6) is 11.5 Å². The molecule has 2 aliphatic rings. The van der Waals surface area contributed by atoms with Gasteiger partial charge in [-0.15, -0.1) is 0 Å². The smallest absolute Gasteiger partial charge is 0.161 e. The molecule has 0 radical (unpaired) electrons. The number of ether oxygens (including phenoxy) is 2. The third-order valence-electron chi connectivity index (χ3n) is 3.59. The highest BCUT2D eigenvalue weighted by Gasteiger charge is 2.40. The Kier molecular flexibility index (Phi) is 2.51. The third kappa shape index (κ3) is 2.12. The fraction of sp³-hybridized carbons (Fsp3) is 0.571. The van der Waals surface area contributed by atoms with Crippen molar-refractivity contribution >= 4 is 0 Å². The molecule has 3 rings (SSSR count). The van der Waals surface area contributed by atoms with Gasteiger partial charge in [0.05, 0.1) is 5.60 Å². The molecule has 3 nitrogen and oxygen atoms in total. The van der Waals surface area contributed by atoms with Crippen LogP contribution in [0, 0.1) is 0 Å². The standard InChI is InChI=1S/C14H18O3/c1-2-10-7-12-13(17-6-5-16-12)8-11(10)9-14(15)3-4-14/h7-8,15H,2-6,9H2,1H3. The van der Waals surface area contributed by atoms with Gasteiger partial charge in [-0.1, -0.05) is 6.92 Å². The predicted octanol–water partition coefficient (Wildman–Crippen LogP) is 2.09. The maximum Gasteiger partial charge on any atom is 0.161 e. The monoisotopic (exact) mass is 234 g/mol. The lowest BCUT2D eigenvalue weighted by atomic mass is 9.97. The highest BCUT2D eigenvalue weighted by molar-refractivity contribution is 5.48. The van der Waals surface area contributed by atoms with E-state index in [2.05, 4.69) is 13.0 Å². The van der Waals surface area contributed by atoms with Crippen LogP contribution in [0.3, 0.4) is 0 Å². The van der Waals surface area contributed by atoms with E-state index in [0.29, 0.717) is 13.2 Å². The molecule has 1 fully saturated rings. The summed E-state index contributed by atoms with van der Waals surface area (Å²) in [6.45, 7) is 3.37. The molecule has 0 aromatic heterocycles. The van der Waals surface area contributed by atoms with Gasteiger partial charge < -0.3 is 14.6 Å². The Morgan fingerprint density at radius 2 is 1.71 bits per heavy atom. The summed E-state index contributed by atoms with van der Waals surface area (Å²) in [6.07, 6.45) is 3.55. The quantitative estimate of drug-likeness (QED) is 0.870. The lowest BCUT2D eigenvalue weighted by Crippen LogP contribution is -2.17. The van der Waals surface area contributed by atoms with Gasteiger partial charge in [0, 0.05) is 6.42 Å². The van der Waals surface area contributed by atoms with Crippen LogP contribution < -0.4 is 9.47 Å². The summed E-state index contributed by atoms with van der Waals surface area (Å²) in [5, 5.41) is 10.0. The van der Waals surface area contributed by atoms with Crippen molar-refractivity contribution in [2.45, 2.75) is 38.2 Å². The van der Waals surface area contributed by atoms with Crippen molar-refractivity contribution in [1.29, 1.82) is 0 Å². The summed E-state index contributed by atoms with van der Waals surface area (Å²) in [7, 11) is 0. The summed E-state index contributed by atoms with van der Waals surface area (Å²) >= 11 is 0. The van der Waals surface area contributed by atoms with Crippen molar-refractivity contribution in [3.63, 3.8) is 0 Å². The molecule has 0 saturated heterocycles. The molecular weight excluding hydrogens is 216 g/mol. The minimum atomic E-state index is -0.451. The van der Waals surface area contributed by atoms with Gasteiger partial charge >= 0.3 is 0 Å². The van der Waals surface area contributed by atoms with Crippen LogP contribution in [-0.4, -0.2) is 23.9 Å². The zero-order valence-electron chi connectivity index (χ0n) is 10.2. The van der Waals surface area contributed by atoms with Crippen LogP contribution in [0.15, 0.2) is 12.1 Å². The molecule has 92 valence electrons. The molecule has 1 saturated carbocycles. The van der Waals surface area contributed by atoms with Gasteiger partial charge in [0.25, 0.3) is 0 Å². The van der Waals surface area contributed by atoms with E-state index >= 15 is 0 Å². The lowest BCUT2D eigenvalue weighted by molar-refractivity contribution is 0.149. The minimum absolute atomic E-state index is 0.451. The van der Waals surface area contributed by atoms with Gasteiger partial charge in [-0.05, 0) is 42.5 Å². The first kappa shape index (κ1) is 10.9. The fourth-order valence-corrected chi connectivity index (χ4v) is 2.34. The van der Waals surface area contributed by atoms with Gasteiger partial charge in [-0.3, -0.25) is 0 Å². The van der Waals surface area contributed by atoms with E-state index < -0.39 is 5.60 Å². The van der Waals surface area contributed by atoms with Gasteiger partial charge in [-0.2, -0.15) is 0 Å². The molecule has 1 aromatic carbocycles. The SMILES string of the molecule is CCc1cc2c(cc1CC1(O)CC1)OCCO2. The molecule has 0 atom stereocenters. The summed E-state index contributed by atoms with van der Waals surface area (Å²) < 4.78 is 11.2. The Bertz CT molecular complexity index is 435. The van der Waals surface area contributed by atoms with E-state index in [9.17, 15) is 5.11 Å². The molecule has 0 spiro atoms. The van der Waals surface area contributed by atoms with Crippen molar-refractivity contribution in [2.75, 3.05) is 13.2 Å². The number of aliphatic hydroxyl groups is 1. The minimum Gasteiger partial charge on any atom is -0.486 e. The molecule has 0 bridgehead atoms. The van der Waals surface area contributed by atoms with E-state index in [4.69, 9.17) is 9.47 Å². The summed E-state index contributed by atoms with van der Waals surface area (Å²) in [5.41, 5.74) is 2.01. The van der Waals surface area contributed by atoms with E-state index in [-0.39, 0.29) is 0 Å². The molecule has 1 aliphatic carbocycles. The van der Waals surface area contributed by atoms with Crippen molar-refractivity contribution in [3.05, 3.63) is 23.3 Å². The van der Waals surface area contributed by atoms with Crippen LogP contribution >= 0.6 is 0 Å². The Labute approximate surface area is 101 Å². The van der Waals surface area contributed by atoms with Crippen LogP contribution in [-0.2, 0) is 12.8 Å². The van der Waals surface area contributed by atoms with Gasteiger partial charge in [0.2, 0.25) is 0 Å². The number of hydrogen-bond donors (Lipinski definition) is 1. The molecular formula is C14H18O3. The third-order valence-corrected chi connectivity index (χ3v) is 3.59. The van der Waals surface area contributed by atoms with Gasteiger partial charge in [0.15, 0.2) is 11.5 Å². The predicted molar refractivity (Wildman–Crippen MR) is 64.7 cm³/mol. The van der Waals surface area contributed by atoms with E-state index in [1.165, 1.54) is 11.1 Å². The second kappa shape index (κ2) is 3.91. The average molecular weight is 234 g/mol. The van der Waals surface area contributed by atoms with Crippen molar-refractivity contribution < 1.29 is 14.6 Å². The molecule has 0 unspecified atom stereocenters. The van der Waals surface area contributed by atoms with Gasteiger partial charge in [0.1, 0.15) is 13.2 Å². The first-order valence-corrected chi connectivity index (χ1v) is 6.34. The summed E-state index contributed by atoms with van der Waals surface area (Å²) in [4.78, 5) is 0. The first-order valence-electron chi connectivity index (χ1n) is 6.34.